The van der Waals surface area contributed by atoms with Gasteiger partial charge in [0.15, 0.2) is 11.5 Å². The van der Waals surface area contributed by atoms with E-state index in [4.69, 9.17) is 9.84 Å². The fraction of sp³-hybridized carbons (Fsp3) is 0.400. The first-order chi connectivity index (χ1) is 10.9. The number of benzene rings is 1. The van der Waals surface area contributed by atoms with Crippen molar-refractivity contribution in [3.63, 3.8) is 0 Å². The van der Waals surface area contributed by atoms with Gasteiger partial charge in [-0.3, -0.25) is 14.4 Å². The predicted octanol–water partition coefficient (Wildman–Crippen LogP) is 0.0926. The molecule has 1 aromatic rings. The summed E-state index contributed by atoms with van der Waals surface area (Å²) in [6.45, 7) is 0.0187. The average molecular weight is 322 g/mol. The predicted molar refractivity (Wildman–Crippen MR) is 78.9 cm³/mol. The molecule has 0 bridgehead atoms. The third kappa shape index (κ3) is 3.91. The molecule has 1 aromatic carbocycles. The number of carboxylic acids is 1. The summed E-state index contributed by atoms with van der Waals surface area (Å²) >= 11 is 0. The smallest absolute Gasteiger partial charge is 0.303 e. The van der Waals surface area contributed by atoms with E-state index in [-0.39, 0.29) is 49.2 Å². The van der Waals surface area contributed by atoms with Crippen LogP contribution in [-0.2, 0) is 20.9 Å². The Morgan fingerprint density at radius 1 is 1.43 bits per heavy atom. The lowest BCUT2D eigenvalue weighted by Gasteiger charge is -2.35. The van der Waals surface area contributed by atoms with Crippen LogP contribution in [-0.4, -0.2) is 52.6 Å². The van der Waals surface area contributed by atoms with Crippen LogP contribution in [0.5, 0.6) is 11.5 Å². The largest absolute Gasteiger partial charge is 0.504 e. The summed E-state index contributed by atoms with van der Waals surface area (Å²) in [5.41, 5.74) is 0.669. The first-order valence-electron chi connectivity index (χ1n) is 7.07. The molecule has 1 saturated heterocycles. The standard InChI is InChI=1S/C15H18N2O6/c1-23-12-6-9(2-4-11(12)18)8-17-10(3-5-14(20)21)15(22)16-7-13(17)19/h2,4,6,10,18H,3,5,7-8H2,1H3,(H,16,22)(H,20,21). The van der Waals surface area contributed by atoms with Crippen molar-refractivity contribution in [3.8, 4) is 11.5 Å². The number of hydrogen-bond acceptors (Lipinski definition) is 5. The summed E-state index contributed by atoms with van der Waals surface area (Å²) in [4.78, 5) is 36.2. The van der Waals surface area contributed by atoms with Gasteiger partial charge in [-0.1, -0.05) is 6.07 Å². The number of amides is 2. The molecule has 0 aliphatic carbocycles. The number of nitrogens with one attached hydrogen (secondary N) is 1. The zero-order chi connectivity index (χ0) is 17.0. The summed E-state index contributed by atoms with van der Waals surface area (Å²) in [5.74, 6) is -1.44. The van der Waals surface area contributed by atoms with Gasteiger partial charge in [-0.15, -0.1) is 0 Å². The van der Waals surface area contributed by atoms with Gasteiger partial charge in [0.2, 0.25) is 11.8 Å². The number of ether oxygens (including phenoxy) is 1. The highest BCUT2D eigenvalue weighted by Gasteiger charge is 2.34. The molecule has 1 aliphatic heterocycles. The SMILES string of the molecule is COc1cc(CN2C(=O)CNC(=O)C2CCC(=O)O)ccc1O. The Morgan fingerprint density at radius 2 is 2.17 bits per heavy atom. The van der Waals surface area contributed by atoms with E-state index < -0.39 is 12.0 Å². The number of phenols is 1. The second-order valence-electron chi connectivity index (χ2n) is 5.19. The number of carbonyl (C=O) groups is 3. The normalized spacial score (nSPS) is 17.8. The maximum absolute atomic E-state index is 12.1. The van der Waals surface area contributed by atoms with Crippen molar-refractivity contribution in [2.24, 2.45) is 0 Å². The van der Waals surface area contributed by atoms with Crippen LogP contribution in [0.25, 0.3) is 0 Å². The molecular weight excluding hydrogens is 304 g/mol. The van der Waals surface area contributed by atoms with Crippen LogP contribution in [0, 0.1) is 0 Å². The second-order valence-corrected chi connectivity index (χ2v) is 5.19. The van der Waals surface area contributed by atoms with Gasteiger partial charge in [0, 0.05) is 13.0 Å². The van der Waals surface area contributed by atoms with Gasteiger partial charge in [-0.25, -0.2) is 0 Å². The van der Waals surface area contributed by atoms with Crippen molar-refractivity contribution >= 4 is 17.8 Å². The number of aliphatic carboxylic acids is 1. The zero-order valence-electron chi connectivity index (χ0n) is 12.6. The van der Waals surface area contributed by atoms with Gasteiger partial charge >= 0.3 is 5.97 Å². The summed E-state index contributed by atoms with van der Waals surface area (Å²) < 4.78 is 5.02. The van der Waals surface area contributed by atoms with Gasteiger partial charge in [0.05, 0.1) is 13.7 Å². The number of nitrogens with zero attached hydrogens (tertiary/aromatic N) is 1. The molecule has 1 fully saturated rings. The van der Waals surface area contributed by atoms with Crippen molar-refractivity contribution in [3.05, 3.63) is 23.8 Å². The number of methoxy groups -OCH3 is 1. The monoisotopic (exact) mass is 322 g/mol. The molecule has 1 atom stereocenters. The van der Waals surface area contributed by atoms with E-state index in [2.05, 4.69) is 5.32 Å². The quantitative estimate of drug-likeness (QED) is 0.683. The topological polar surface area (TPSA) is 116 Å². The maximum atomic E-state index is 12.1. The van der Waals surface area contributed by atoms with Gasteiger partial charge in [-0.2, -0.15) is 0 Å². The molecule has 1 unspecified atom stereocenters. The van der Waals surface area contributed by atoms with E-state index in [0.717, 1.165) is 0 Å². The molecule has 8 heteroatoms. The molecule has 0 saturated carbocycles. The minimum atomic E-state index is -1.03. The van der Waals surface area contributed by atoms with Crippen molar-refractivity contribution in [1.82, 2.24) is 10.2 Å². The maximum Gasteiger partial charge on any atom is 0.303 e. The van der Waals surface area contributed by atoms with E-state index >= 15 is 0 Å². The van der Waals surface area contributed by atoms with Crippen molar-refractivity contribution in [2.75, 3.05) is 13.7 Å². The summed E-state index contributed by atoms with van der Waals surface area (Å²) in [6, 6.07) is 3.80. The third-order valence-corrected chi connectivity index (χ3v) is 3.64. The molecule has 0 radical (unpaired) electrons. The van der Waals surface area contributed by atoms with Crippen LogP contribution in [0.3, 0.4) is 0 Å². The Balaban J connectivity index is 2.20. The van der Waals surface area contributed by atoms with E-state index in [9.17, 15) is 19.5 Å². The zero-order valence-corrected chi connectivity index (χ0v) is 12.6. The van der Waals surface area contributed by atoms with E-state index in [1.54, 1.807) is 12.1 Å². The summed E-state index contributed by atoms with van der Waals surface area (Å²) in [7, 11) is 1.41. The molecule has 1 heterocycles. The number of carboxylic acid groups (broad SMARTS) is 1. The first kappa shape index (κ1) is 16.6. The highest BCUT2D eigenvalue weighted by atomic mass is 16.5. The fourth-order valence-electron chi connectivity index (χ4n) is 2.46. The molecule has 124 valence electrons. The molecule has 2 amide bonds. The van der Waals surface area contributed by atoms with Crippen molar-refractivity contribution < 1.29 is 29.3 Å². The van der Waals surface area contributed by atoms with Crippen LogP contribution in [0.1, 0.15) is 18.4 Å². The molecule has 0 spiro atoms. The Kier molecular flexibility index (Phi) is 5.05. The number of phenolic OH excluding ortho intramolecular Hbond substituents is 1. The first-order valence-corrected chi connectivity index (χ1v) is 7.07. The lowest BCUT2D eigenvalue weighted by atomic mass is 10.0. The van der Waals surface area contributed by atoms with Crippen molar-refractivity contribution in [2.45, 2.75) is 25.4 Å². The van der Waals surface area contributed by atoms with E-state index in [1.807, 2.05) is 0 Å². The number of carbonyl (C=O) groups excluding carboxylic acids is 2. The number of piperazine rings is 1. The molecule has 3 N–H and O–H groups in total. The van der Waals surface area contributed by atoms with Gasteiger partial charge in [0.25, 0.3) is 0 Å². The summed E-state index contributed by atoms with van der Waals surface area (Å²) in [6.07, 6.45) is -0.164. The number of rotatable bonds is 6. The van der Waals surface area contributed by atoms with Gasteiger partial charge in [-0.05, 0) is 24.1 Å². The molecule has 0 aromatic heterocycles. The Bertz CT molecular complexity index is 630. The molecule has 2 rings (SSSR count). The van der Waals surface area contributed by atoms with Crippen LogP contribution < -0.4 is 10.1 Å². The second kappa shape index (κ2) is 6.99. The average Bonchev–Trinajstić information content (AvgIpc) is 2.51. The highest BCUT2D eigenvalue weighted by molar-refractivity contribution is 5.95. The van der Waals surface area contributed by atoms with Crippen molar-refractivity contribution in [1.29, 1.82) is 0 Å². The van der Waals surface area contributed by atoms with E-state index in [1.165, 1.54) is 18.1 Å². The minimum Gasteiger partial charge on any atom is -0.504 e. The highest BCUT2D eigenvalue weighted by Crippen LogP contribution is 2.27. The Morgan fingerprint density at radius 3 is 2.83 bits per heavy atom. The van der Waals surface area contributed by atoms with Gasteiger partial charge in [0.1, 0.15) is 6.04 Å². The molecule has 1 aliphatic rings. The number of aromatic hydroxyl groups is 1. The lowest BCUT2D eigenvalue weighted by molar-refractivity contribution is -0.147. The molecular formula is C15H18N2O6. The molecule has 8 nitrogen and oxygen atoms in total. The third-order valence-electron chi connectivity index (χ3n) is 3.64. The van der Waals surface area contributed by atoms with Crippen LogP contribution >= 0.6 is 0 Å². The van der Waals surface area contributed by atoms with Crippen LogP contribution in [0.2, 0.25) is 0 Å². The van der Waals surface area contributed by atoms with E-state index in [0.29, 0.717) is 5.56 Å². The fourth-order valence-corrected chi connectivity index (χ4v) is 2.46. The van der Waals surface area contributed by atoms with Crippen LogP contribution in [0.4, 0.5) is 0 Å². The Hall–Kier alpha value is -2.77. The van der Waals surface area contributed by atoms with Gasteiger partial charge < -0.3 is 25.2 Å². The minimum absolute atomic E-state index is 0.0265. The summed E-state index contributed by atoms with van der Waals surface area (Å²) in [5, 5.41) is 20.9. The Labute approximate surface area is 132 Å². The number of hydrogen-bond donors (Lipinski definition) is 3. The molecule has 23 heavy (non-hydrogen) atoms. The van der Waals surface area contributed by atoms with Crippen LogP contribution in [0.15, 0.2) is 18.2 Å². The lowest BCUT2D eigenvalue weighted by Crippen LogP contribution is -2.57.